The fourth-order valence-electron chi connectivity index (χ4n) is 2.71. The summed E-state index contributed by atoms with van der Waals surface area (Å²) >= 11 is 1.35. The first-order valence-electron chi connectivity index (χ1n) is 7.62. The maximum Gasteiger partial charge on any atom is 0.273 e. The number of hydrogen-bond acceptors (Lipinski definition) is 7. The molecule has 0 aromatic carbocycles. The molecule has 1 atom stereocenters. The molecule has 0 N–H and O–H groups in total. The standard InChI is InChI=1S/C15H18N4O4S2/c1-11-8-18(3-4-19(11)15(20)14-9-24-10-17-14)25(21,22)13-5-12(23-2)6-16-7-13/h5-7,9-11H,3-4,8H2,1-2H3/t11-/m0/s1. The molecule has 1 aliphatic rings. The van der Waals surface area contributed by atoms with E-state index in [1.165, 1.54) is 41.2 Å². The van der Waals surface area contributed by atoms with E-state index in [1.807, 2.05) is 6.92 Å². The second kappa shape index (κ2) is 7.06. The zero-order valence-corrected chi connectivity index (χ0v) is 15.5. The Morgan fingerprint density at radius 2 is 2.16 bits per heavy atom. The first-order chi connectivity index (χ1) is 11.9. The van der Waals surface area contributed by atoms with E-state index in [4.69, 9.17) is 4.74 Å². The number of carbonyl (C=O) groups excluding carboxylic acids is 1. The van der Waals surface area contributed by atoms with Gasteiger partial charge in [-0.2, -0.15) is 4.31 Å². The van der Waals surface area contributed by atoms with Crippen molar-refractivity contribution in [2.45, 2.75) is 17.9 Å². The lowest BCUT2D eigenvalue weighted by molar-refractivity contribution is 0.0586. The van der Waals surface area contributed by atoms with E-state index in [2.05, 4.69) is 9.97 Å². The first kappa shape index (κ1) is 17.8. The smallest absolute Gasteiger partial charge is 0.273 e. The number of nitrogens with zero attached hydrogens (tertiary/aromatic N) is 4. The van der Waals surface area contributed by atoms with Crippen molar-refractivity contribution in [1.82, 2.24) is 19.2 Å². The molecule has 3 rings (SSSR count). The molecule has 2 aromatic rings. The Kier molecular flexibility index (Phi) is 5.02. The molecular formula is C15H18N4O4S2. The maximum absolute atomic E-state index is 12.8. The maximum atomic E-state index is 12.8. The Labute approximate surface area is 150 Å². The predicted molar refractivity (Wildman–Crippen MR) is 92.2 cm³/mol. The van der Waals surface area contributed by atoms with E-state index in [9.17, 15) is 13.2 Å². The molecule has 1 fully saturated rings. The van der Waals surface area contributed by atoms with Crippen molar-refractivity contribution in [3.63, 3.8) is 0 Å². The third kappa shape index (κ3) is 3.51. The van der Waals surface area contributed by atoms with Crippen molar-refractivity contribution in [2.24, 2.45) is 0 Å². The lowest BCUT2D eigenvalue weighted by Gasteiger charge is -2.38. The van der Waals surface area contributed by atoms with E-state index in [-0.39, 0.29) is 29.9 Å². The Bertz CT molecular complexity index is 854. The molecule has 0 aliphatic carbocycles. The van der Waals surface area contributed by atoms with Gasteiger partial charge in [0.25, 0.3) is 5.91 Å². The summed E-state index contributed by atoms with van der Waals surface area (Å²) in [4.78, 5) is 22.1. The van der Waals surface area contributed by atoms with Crippen molar-refractivity contribution in [3.8, 4) is 5.75 Å². The number of methoxy groups -OCH3 is 1. The van der Waals surface area contributed by atoms with Crippen LogP contribution in [0.15, 0.2) is 34.2 Å². The zero-order valence-electron chi connectivity index (χ0n) is 13.8. The van der Waals surface area contributed by atoms with Gasteiger partial charge >= 0.3 is 0 Å². The number of hydrogen-bond donors (Lipinski definition) is 0. The van der Waals surface area contributed by atoms with Crippen LogP contribution in [0.2, 0.25) is 0 Å². The summed E-state index contributed by atoms with van der Waals surface area (Å²) in [5.41, 5.74) is 2.00. The van der Waals surface area contributed by atoms with Crippen LogP contribution in [0.3, 0.4) is 0 Å². The van der Waals surface area contributed by atoms with Crippen molar-refractivity contribution in [1.29, 1.82) is 0 Å². The molecule has 1 aliphatic heterocycles. The molecule has 3 heterocycles. The highest BCUT2D eigenvalue weighted by atomic mass is 32.2. The number of thiazole rings is 1. The van der Waals surface area contributed by atoms with E-state index < -0.39 is 10.0 Å². The Morgan fingerprint density at radius 1 is 1.36 bits per heavy atom. The fraction of sp³-hybridized carbons (Fsp3) is 0.400. The molecule has 8 nitrogen and oxygen atoms in total. The number of sulfonamides is 1. The van der Waals surface area contributed by atoms with Crippen LogP contribution in [0.5, 0.6) is 5.75 Å². The Morgan fingerprint density at radius 3 is 2.80 bits per heavy atom. The minimum Gasteiger partial charge on any atom is -0.495 e. The third-order valence-corrected chi connectivity index (χ3v) is 6.48. The van der Waals surface area contributed by atoms with Crippen LogP contribution in [0.4, 0.5) is 0 Å². The van der Waals surface area contributed by atoms with Crippen LogP contribution >= 0.6 is 11.3 Å². The molecule has 0 spiro atoms. The number of ether oxygens (including phenoxy) is 1. The van der Waals surface area contributed by atoms with Crippen LogP contribution in [0, 0.1) is 0 Å². The summed E-state index contributed by atoms with van der Waals surface area (Å²) in [6.45, 7) is 2.58. The summed E-state index contributed by atoms with van der Waals surface area (Å²) in [7, 11) is -2.23. The normalized spacial score (nSPS) is 19.0. The molecule has 0 bridgehead atoms. The van der Waals surface area contributed by atoms with E-state index in [1.54, 1.807) is 15.8 Å². The zero-order chi connectivity index (χ0) is 18.0. The monoisotopic (exact) mass is 382 g/mol. The van der Waals surface area contributed by atoms with Crippen LogP contribution in [0.1, 0.15) is 17.4 Å². The predicted octanol–water partition coefficient (Wildman–Crippen LogP) is 1.08. The number of rotatable bonds is 4. The van der Waals surface area contributed by atoms with Crippen molar-refractivity contribution < 1.29 is 17.9 Å². The highest BCUT2D eigenvalue weighted by Gasteiger charge is 2.35. The van der Waals surface area contributed by atoms with Gasteiger partial charge in [-0.15, -0.1) is 11.3 Å². The van der Waals surface area contributed by atoms with Crippen LogP contribution in [0.25, 0.3) is 0 Å². The average Bonchev–Trinajstić information content (AvgIpc) is 3.15. The molecule has 10 heteroatoms. The second-order valence-electron chi connectivity index (χ2n) is 5.64. The number of aromatic nitrogens is 2. The van der Waals surface area contributed by atoms with Crippen molar-refractivity contribution >= 4 is 27.3 Å². The number of pyridine rings is 1. The quantitative estimate of drug-likeness (QED) is 0.786. The Hall–Kier alpha value is -2.04. The molecule has 0 unspecified atom stereocenters. The molecule has 1 saturated heterocycles. The van der Waals surface area contributed by atoms with Crippen molar-refractivity contribution in [3.05, 3.63) is 35.0 Å². The number of piperazine rings is 1. The SMILES string of the molecule is COc1cncc(S(=O)(=O)N2CCN(C(=O)c3cscn3)[C@@H](C)C2)c1. The van der Waals surface area contributed by atoms with Gasteiger partial charge < -0.3 is 9.64 Å². The van der Waals surface area contributed by atoms with Crippen LogP contribution in [-0.2, 0) is 10.0 Å². The molecule has 134 valence electrons. The minimum atomic E-state index is -3.69. The topological polar surface area (TPSA) is 92.7 Å². The van der Waals surface area contributed by atoms with Gasteiger partial charge in [0.05, 0.1) is 18.8 Å². The average molecular weight is 382 g/mol. The molecular weight excluding hydrogens is 364 g/mol. The van der Waals surface area contributed by atoms with Gasteiger partial charge in [-0.25, -0.2) is 13.4 Å². The van der Waals surface area contributed by atoms with E-state index >= 15 is 0 Å². The molecule has 0 radical (unpaired) electrons. The molecule has 0 saturated carbocycles. The van der Waals surface area contributed by atoms with Gasteiger partial charge in [-0.1, -0.05) is 0 Å². The van der Waals surface area contributed by atoms with Gasteiger partial charge in [-0.3, -0.25) is 9.78 Å². The van der Waals surface area contributed by atoms with Gasteiger partial charge in [0.2, 0.25) is 10.0 Å². The lowest BCUT2D eigenvalue weighted by atomic mass is 10.2. The lowest BCUT2D eigenvalue weighted by Crippen LogP contribution is -2.55. The van der Waals surface area contributed by atoms with Gasteiger partial charge in [0, 0.05) is 43.3 Å². The second-order valence-corrected chi connectivity index (χ2v) is 8.30. The number of amides is 1. The molecule has 2 aromatic heterocycles. The largest absolute Gasteiger partial charge is 0.495 e. The van der Waals surface area contributed by atoms with E-state index in [0.29, 0.717) is 18.0 Å². The Balaban J connectivity index is 1.76. The van der Waals surface area contributed by atoms with Gasteiger partial charge in [0.1, 0.15) is 16.3 Å². The van der Waals surface area contributed by atoms with Gasteiger partial charge in [-0.05, 0) is 6.92 Å². The highest BCUT2D eigenvalue weighted by Crippen LogP contribution is 2.23. The summed E-state index contributed by atoms with van der Waals surface area (Å²) < 4.78 is 32.1. The van der Waals surface area contributed by atoms with E-state index in [0.717, 1.165) is 0 Å². The highest BCUT2D eigenvalue weighted by molar-refractivity contribution is 7.89. The van der Waals surface area contributed by atoms with Crippen LogP contribution < -0.4 is 4.74 Å². The molecule has 25 heavy (non-hydrogen) atoms. The van der Waals surface area contributed by atoms with Crippen LogP contribution in [-0.4, -0.2) is 66.3 Å². The fourth-order valence-corrected chi connectivity index (χ4v) is 4.73. The summed E-state index contributed by atoms with van der Waals surface area (Å²) in [5.74, 6) is 0.209. The third-order valence-electron chi connectivity index (χ3n) is 4.06. The minimum absolute atomic E-state index is 0.0818. The first-order valence-corrected chi connectivity index (χ1v) is 10.00. The summed E-state index contributed by atoms with van der Waals surface area (Å²) in [5, 5.41) is 1.69. The van der Waals surface area contributed by atoms with Gasteiger partial charge in [0.15, 0.2) is 0 Å². The number of carbonyl (C=O) groups is 1. The summed E-state index contributed by atoms with van der Waals surface area (Å²) in [6.07, 6.45) is 2.75. The summed E-state index contributed by atoms with van der Waals surface area (Å²) in [6, 6.07) is 1.19. The molecule has 1 amide bonds. The van der Waals surface area contributed by atoms with Crippen molar-refractivity contribution in [2.75, 3.05) is 26.7 Å².